The van der Waals surface area contributed by atoms with Crippen LogP contribution in [0.2, 0.25) is 5.02 Å². The van der Waals surface area contributed by atoms with Crippen molar-refractivity contribution in [2.24, 2.45) is 0 Å². The quantitative estimate of drug-likeness (QED) is 0.384. The van der Waals surface area contributed by atoms with Crippen LogP contribution in [0.1, 0.15) is 50.1 Å². The summed E-state index contributed by atoms with van der Waals surface area (Å²) in [4.78, 5) is 8.41. The molecular formula is C24H30ClN5O5S. The Hall–Kier alpha value is -2.76. The number of methoxy groups -OCH3 is 2. The molecule has 3 heterocycles. The van der Waals surface area contributed by atoms with Crippen molar-refractivity contribution < 1.29 is 22.6 Å². The van der Waals surface area contributed by atoms with Gasteiger partial charge in [0.1, 0.15) is 34.6 Å². The maximum absolute atomic E-state index is 13.6. The number of sulfone groups is 1. The van der Waals surface area contributed by atoms with Crippen LogP contribution in [-0.4, -0.2) is 65.3 Å². The Bertz CT molecular complexity index is 1270. The van der Waals surface area contributed by atoms with Gasteiger partial charge in [0.15, 0.2) is 15.7 Å². The highest BCUT2D eigenvalue weighted by Gasteiger charge is 2.33. The lowest BCUT2D eigenvalue weighted by Crippen LogP contribution is -2.27. The number of hydrogen-bond donors (Lipinski definition) is 0. The topological polar surface area (TPSA) is 118 Å². The molecule has 36 heavy (non-hydrogen) atoms. The third-order valence-corrected chi connectivity index (χ3v) is 8.90. The van der Waals surface area contributed by atoms with Gasteiger partial charge in [0.25, 0.3) is 0 Å². The fourth-order valence-corrected chi connectivity index (χ4v) is 5.94. The average molecular weight is 536 g/mol. The molecule has 1 saturated heterocycles. The number of halogens is 1. The zero-order valence-electron chi connectivity index (χ0n) is 20.7. The molecule has 1 fully saturated rings. The molecule has 2 aromatic heterocycles. The predicted octanol–water partition coefficient (Wildman–Crippen LogP) is 3.56. The van der Waals surface area contributed by atoms with E-state index in [0.717, 1.165) is 12.8 Å². The minimum atomic E-state index is -3.70. The molecule has 0 spiro atoms. The molecule has 1 aromatic carbocycles. The van der Waals surface area contributed by atoms with E-state index in [2.05, 4.69) is 20.2 Å². The largest absolute Gasteiger partial charge is 0.494 e. The SMILES string of the molecule is COc1cccc(OC)c1-n1c(C[C@@H]2CCCO2)nnc1CS(=O)(=O)[C@@H](C)[C@H](C)c1ncc(Cl)cn1. The molecule has 0 aliphatic carbocycles. The zero-order chi connectivity index (χ0) is 25.9. The lowest BCUT2D eigenvalue weighted by atomic mass is 10.1. The molecule has 10 nitrogen and oxygen atoms in total. The Morgan fingerprint density at radius 2 is 1.75 bits per heavy atom. The third-order valence-electron chi connectivity index (χ3n) is 6.51. The van der Waals surface area contributed by atoms with Gasteiger partial charge >= 0.3 is 0 Å². The van der Waals surface area contributed by atoms with Crippen LogP contribution in [0.5, 0.6) is 11.5 Å². The molecular weight excluding hydrogens is 506 g/mol. The minimum Gasteiger partial charge on any atom is -0.494 e. The number of hydrogen-bond acceptors (Lipinski definition) is 9. The van der Waals surface area contributed by atoms with Crippen molar-refractivity contribution in [2.45, 2.75) is 56.1 Å². The van der Waals surface area contributed by atoms with Crippen molar-refractivity contribution >= 4 is 21.4 Å². The second-order valence-corrected chi connectivity index (χ2v) is 11.6. The Morgan fingerprint density at radius 3 is 2.33 bits per heavy atom. The van der Waals surface area contributed by atoms with Crippen LogP contribution in [-0.2, 0) is 26.7 Å². The van der Waals surface area contributed by atoms with E-state index in [9.17, 15) is 8.42 Å². The Balaban J connectivity index is 1.73. The van der Waals surface area contributed by atoms with Crippen LogP contribution in [0.15, 0.2) is 30.6 Å². The summed E-state index contributed by atoms with van der Waals surface area (Å²) < 4.78 is 45.9. The van der Waals surface area contributed by atoms with Gasteiger partial charge in [-0.3, -0.25) is 4.57 Å². The fourth-order valence-electron chi connectivity index (χ4n) is 4.29. The Morgan fingerprint density at radius 1 is 1.11 bits per heavy atom. The molecule has 12 heteroatoms. The highest BCUT2D eigenvalue weighted by molar-refractivity contribution is 7.91. The van der Waals surface area contributed by atoms with E-state index in [0.29, 0.717) is 46.9 Å². The normalized spacial score (nSPS) is 17.6. The lowest BCUT2D eigenvalue weighted by molar-refractivity contribution is 0.109. The third kappa shape index (κ3) is 5.47. The summed E-state index contributed by atoms with van der Waals surface area (Å²) in [6.07, 6.45) is 5.26. The van der Waals surface area contributed by atoms with Crippen LogP contribution in [0, 0.1) is 0 Å². The molecule has 1 aliphatic rings. The summed E-state index contributed by atoms with van der Waals surface area (Å²) in [7, 11) is -0.603. The lowest BCUT2D eigenvalue weighted by Gasteiger charge is -2.21. The fraction of sp³-hybridized carbons (Fsp3) is 0.500. The summed E-state index contributed by atoms with van der Waals surface area (Å²) >= 11 is 5.89. The summed E-state index contributed by atoms with van der Waals surface area (Å²) in [6, 6.07) is 5.38. The molecule has 1 aliphatic heterocycles. The number of para-hydroxylation sites is 1. The molecule has 0 radical (unpaired) electrons. The number of nitrogens with zero attached hydrogens (tertiary/aromatic N) is 5. The van der Waals surface area contributed by atoms with Crippen LogP contribution in [0.25, 0.3) is 5.69 Å². The van der Waals surface area contributed by atoms with Gasteiger partial charge in [-0.15, -0.1) is 10.2 Å². The summed E-state index contributed by atoms with van der Waals surface area (Å²) in [5, 5.41) is 8.30. The van der Waals surface area contributed by atoms with Gasteiger partial charge in [-0.1, -0.05) is 24.6 Å². The molecule has 194 valence electrons. The van der Waals surface area contributed by atoms with Gasteiger partial charge in [-0.05, 0) is 31.9 Å². The van der Waals surface area contributed by atoms with Gasteiger partial charge in [-0.25, -0.2) is 18.4 Å². The summed E-state index contributed by atoms with van der Waals surface area (Å²) in [5.41, 5.74) is 0.549. The number of aromatic nitrogens is 5. The zero-order valence-corrected chi connectivity index (χ0v) is 22.3. The van der Waals surface area contributed by atoms with Gasteiger partial charge in [0, 0.05) is 31.3 Å². The van der Waals surface area contributed by atoms with E-state index in [1.807, 2.05) is 0 Å². The van der Waals surface area contributed by atoms with Gasteiger partial charge in [-0.2, -0.15) is 0 Å². The van der Waals surface area contributed by atoms with E-state index < -0.39 is 21.0 Å². The van der Waals surface area contributed by atoms with Crippen molar-refractivity contribution in [3.63, 3.8) is 0 Å². The van der Waals surface area contributed by atoms with Gasteiger partial charge < -0.3 is 14.2 Å². The van der Waals surface area contributed by atoms with Crippen molar-refractivity contribution in [1.29, 1.82) is 0 Å². The summed E-state index contributed by atoms with van der Waals surface area (Å²) in [6.45, 7) is 4.12. The maximum Gasteiger partial charge on any atom is 0.160 e. The highest BCUT2D eigenvalue weighted by atomic mass is 35.5. The van der Waals surface area contributed by atoms with E-state index in [-0.39, 0.29) is 17.7 Å². The Labute approximate surface area is 215 Å². The smallest absolute Gasteiger partial charge is 0.160 e. The number of rotatable bonds is 10. The van der Waals surface area contributed by atoms with Crippen LogP contribution >= 0.6 is 11.6 Å². The molecule has 0 bridgehead atoms. The second kappa shape index (κ2) is 11.1. The first-order valence-corrected chi connectivity index (χ1v) is 13.8. The van der Waals surface area contributed by atoms with E-state index in [1.54, 1.807) is 50.8 Å². The maximum atomic E-state index is 13.6. The highest BCUT2D eigenvalue weighted by Crippen LogP contribution is 2.35. The molecule has 3 aromatic rings. The van der Waals surface area contributed by atoms with Gasteiger partial charge in [0.05, 0.1) is 30.6 Å². The van der Waals surface area contributed by atoms with Crippen molar-refractivity contribution in [3.05, 3.63) is 53.1 Å². The minimum absolute atomic E-state index is 0.0147. The Kier molecular flexibility index (Phi) is 8.11. The average Bonchev–Trinajstić information content (AvgIpc) is 3.53. The molecule has 0 unspecified atom stereocenters. The van der Waals surface area contributed by atoms with Gasteiger partial charge in [0.2, 0.25) is 0 Å². The van der Waals surface area contributed by atoms with Crippen LogP contribution in [0.3, 0.4) is 0 Å². The monoisotopic (exact) mass is 535 g/mol. The molecule has 0 saturated carbocycles. The van der Waals surface area contributed by atoms with E-state index in [4.69, 9.17) is 25.8 Å². The van der Waals surface area contributed by atoms with Crippen LogP contribution < -0.4 is 9.47 Å². The van der Waals surface area contributed by atoms with E-state index >= 15 is 0 Å². The van der Waals surface area contributed by atoms with E-state index in [1.165, 1.54) is 12.4 Å². The first-order chi connectivity index (χ1) is 17.2. The number of ether oxygens (including phenoxy) is 3. The predicted molar refractivity (Wildman–Crippen MR) is 135 cm³/mol. The van der Waals surface area contributed by atoms with Crippen LogP contribution in [0.4, 0.5) is 0 Å². The molecule has 0 amide bonds. The van der Waals surface area contributed by atoms with Crippen molar-refractivity contribution in [3.8, 4) is 17.2 Å². The molecule has 4 rings (SSSR count). The summed E-state index contributed by atoms with van der Waals surface area (Å²) in [5.74, 6) is 1.47. The standard InChI is InChI=1S/C24H30ClN5O5S/c1-15(24-26-12-17(25)13-27-24)16(2)36(31,32)14-22-29-28-21(11-18-7-6-10-35-18)30(22)23-19(33-3)8-5-9-20(23)34-4/h5,8-9,12-13,15-16,18H,6-7,10-11,14H2,1-4H3/t15-,16-,18-/m0/s1. The molecule has 0 N–H and O–H groups in total. The number of benzene rings is 1. The first-order valence-electron chi connectivity index (χ1n) is 11.7. The first kappa shape index (κ1) is 26.3. The second-order valence-electron chi connectivity index (χ2n) is 8.78. The van der Waals surface area contributed by atoms with Crippen molar-refractivity contribution in [2.75, 3.05) is 20.8 Å². The van der Waals surface area contributed by atoms with Crippen molar-refractivity contribution in [1.82, 2.24) is 24.7 Å². The molecule has 3 atom stereocenters.